The van der Waals surface area contributed by atoms with Crippen LogP contribution in [0.4, 0.5) is 0 Å². The van der Waals surface area contributed by atoms with Crippen LogP contribution in [0.15, 0.2) is 29.2 Å². The Morgan fingerprint density at radius 2 is 1.38 bits per heavy atom. The van der Waals surface area contributed by atoms with Crippen LogP contribution in [0.25, 0.3) is 0 Å². The first-order chi connectivity index (χ1) is 5.91. The Labute approximate surface area is 84.7 Å². The third kappa shape index (κ3) is 2.77. The second-order valence-corrected chi connectivity index (χ2v) is 7.00. The average molecular weight is 196 g/mol. The van der Waals surface area contributed by atoms with Crippen molar-refractivity contribution in [3.05, 3.63) is 29.8 Å². The highest BCUT2D eigenvalue weighted by atomic mass is 32.2. The van der Waals surface area contributed by atoms with Crippen LogP contribution in [0.2, 0.25) is 0 Å². The van der Waals surface area contributed by atoms with Crippen LogP contribution in [-0.4, -0.2) is 12.5 Å². The van der Waals surface area contributed by atoms with Crippen LogP contribution in [0.5, 0.6) is 0 Å². The number of benzene rings is 1. The minimum atomic E-state index is 0.0562. The fraction of sp³-hybridized carbons (Fsp3) is 0.500. The van der Waals surface area contributed by atoms with E-state index in [1.54, 1.807) is 0 Å². The normalized spacial score (nSPS) is 12.8. The molecule has 13 heavy (non-hydrogen) atoms. The second-order valence-electron chi connectivity index (χ2n) is 4.69. The summed E-state index contributed by atoms with van der Waals surface area (Å²) in [7, 11) is 0.0562. The topological polar surface area (TPSA) is 0 Å². The summed E-state index contributed by atoms with van der Waals surface area (Å²) in [6, 6.07) is 9.06. The van der Waals surface area contributed by atoms with Crippen LogP contribution < -0.4 is 0 Å². The maximum atomic E-state index is 2.29. The van der Waals surface area contributed by atoms with E-state index < -0.39 is 0 Å². The lowest BCUT2D eigenvalue weighted by Crippen LogP contribution is -2.10. The van der Waals surface area contributed by atoms with Gasteiger partial charge in [-0.2, -0.15) is 0 Å². The molecule has 0 nitrogen and oxygen atoms in total. The van der Waals surface area contributed by atoms with Gasteiger partial charge in [-0.05, 0) is 28.4 Å². The molecule has 1 heteroatoms. The van der Waals surface area contributed by atoms with Gasteiger partial charge in [-0.25, -0.2) is 10.9 Å². The van der Waals surface area contributed by atoms with Gasteiger partial charge in [0.2, 0.25) is 0 Å². The van der Waals surface area contributed by atoms with Gasteiger partial charge in [-0.1, -0.05) is 45.0 Å². The molecule has 1 aromatic rings. The van der Waals surface area contributed by atoms with E-state index in [0.29, 0.717) is 0 Å². The van der Waals surface area contributed by atoms with E-state index in [-0.39, 0.29) is 16.3 Å². The Balaban J connectivity index is 2.94. The van der Waals surface area contributed by atoms with E-state index in [1.165, 1.54) is 10.5 Å². The minimum absolute atomic E-state index is 0.0562. The van der Waals surface area contributed by atoms with Crippen molar-refractivity contribution in [3.8, 4) is 0 Å². The third-order valence-corrected chi connectivity index (χ3v) is 3.58. The predicted octanol–water partition coefficient (Wildman–Crippen LogP) is 3.60. The predicted molar refractivity (Wildman–Crippen MR) is 64.2 cm³/mol. The molecule has 0 amide bonds. The molecule has 0 aromatic heterocycles. The monoisotopic (exact) mass is 196 g/mol. The number of thiol groups is 1. The van der Waals surface area contributed by atoms with Crippen LogP contribution >= 0.6 is 10.9 Å². The van der Waals surface area contributed by atoms with Crippen molar-refractivity contribution in [2.75, 3.05) is 12.5 Å². The molecule has 0 aliphatic heterocycles. The van der Waals surface area contributed by atoms with Crippen molar-refractivity contribution in [3.63, 3.8) is 0 Å². The van der Waals surface area contributed by atoms with Gasteiger partial charge in [0.1, 0.15) is 0 Å². The zero-order chi connectivity index (χ0) is 10.1. The van der Waals surface area contributed by atoms with E-state index in [9.17, 15) is 0 Å². The third-order valence-electron chi connectivity index (χ3n) is 2.25. The average Bonchev–Trinajstić information content (AvgIpc) is 2.03. The Morgan fingerprint density at radius 1 is 0.923 bits per heavy atom. The smallest absolute Gasteiger partial charge is 0.0130 e. The Bertz CT molecular complexity index is 264. The molecule has 0 aliphatic carbocycles. The molecule has 0 heterocycles. The molecule has 1 aromatic carbocycles. The highest BCUT2D eigenvalue weighted by Gasteiger charge is 2.12. The van der Waals surface area contributed by atoms with Gasteiger partial charge in [-0.15, -0.1) is 0 Å². The van der Waals surface area contributed by atoms with Crippen molar-refractivity contribution in [2.24, 2.45) is 0 Å². The zero-order valence-electron chi connectivity index (χ0n) is 9.26. The summed E-state index contributed by atoms with van der Waals surface area (Å²) in [4.78, 5) is 1.49. The van der Waals surface area contributed by atoms with Crippen LogP contribution in [0, 0.1) is 0 Å². The molecule has 0 bridgehead atoms. The summed E-state index contributed by atoms with van der Waals surface area (Å²) >= 11 is 0. The second kappa shape index (κ2) is 3.75. The van der Waals surface area contributed by atoms with Crippen LogP contribution in [-0.2, 0) is 5.41 Å². The lowest BCUT2D eigenvalue weighted by molar-refractivity contribution is 0.590. The maximum Gasteiger partial charge on any atom is -0.0130 e. The molecule has 74 valence electrons. The highest BCUT2D eigenvalue weighted by molar-refractivity contribution is 8.15. The first-order valence-corrected chi connectivity index (χ1v) is 6.93. The number of hydrogen-bond acceptors (Lipinski definition) is 0. The summed E-state index contributed by atoms with van der Waals surface area (Å²) in [5.41, 5.74) is 1.70. The van der Waals surface area contributed by atoms with E-state index in [2.05, 4.69) is 57.5 Å². The molecule has 0 fully saturated rings. The molecule has 0 saturated heterocycles. The molecule has 1 rings (SSSR count). The Kier molecular flexibility index (Phi) is 3.07. The summed E-state index contributed by atoms with van der Waals surface area (Å²) in [5, 5.41) is 0. The Morgan fingerprint density at radius 3 is 1.69 bits per heavy atom. The van der Waals surface area contributed by atoms with Gasteiger partial charge in [0, 0.05) is 0 Å². The van der Waals surface area contributed by atoms with Crippen molar-refractivity contribution in [2.45, 2.75) is 31.1 Å². The lowest BCUT2D eigenvalue weighted by Gasteiger charge is -2.20. The first kappa shape index (κ1) is 10.6. The minimum Gasteiger partial charge on any atom is -0.233 e. The molecular weight excluding hydrogens is 176 g/mol. The van der Waals surface area contributed by atoms with Crippen molar-refractivity contribution in [1.29, 1.82) is 0 Å². The van der Waals surface area contributed by atoms with Crippen molar-refractivity contribution < 1.29 is 0 Å². The molecule has 0 aliphatic rings. The molecule has 0 atom stereocenters. The van der Waals surface area contributed by atoms with Gasteiger partial charge >= 0.3 is 0 Å². The van der Waals surface area contributed by atoms with E-state index in [1.807, 2.05) is 0 Å². The van der Waals surface area contributed by atoms with Crippen LogP contribution in [0.3, 0.4) is 0 Å². The van der Waals surface area contributed by atoms with E-state index in [0.717, 1.165) is 0 Å². The number of hydrogen-bond donors (Lipinski definition) is 1. The SMILES string of the molecule is C[SH](C)c1ccc(C(C)(C)C)cc1. The molecule has 0 N–H and O–H groups in total. The summed E-state index contributed by atoms with van der Waals surface area (Å²) in [6.45, 7) is 6.76. The molecule has 0 spiro atoms. The maximum absolute atomic E-state index is 2.29. The molecule has 0 saturated carbocycles. The van der Waals surface area contributed by atoms with Gasteiger partial charge in [0.15, 0.2) is 0 Å². The highest BCUT2D eigenvalue weighted by Crippen LogP contribution is 2.30. The van der Waals surface area contributed by atoms with Gasteiger partial charge < -0.3 is 0 Å². The molecule has 0 radical (unpaired) electrons. The van der Waals surface area contributed by atoms with E-state index in [4.69, 9.17) is 0 Å². The van der Waals surface area contributed by atoms with Crippen molar-refractivity contribution in [1.82, 2.24) is 0 Å². The van der Waals surface area contributed by atoms with E-state index >= 15 is 0 Å². The quantitative estimate of drug-likeness (QED) is 0.652. The summed E-state index contributed by atoms with van der Waals surface area (Å²) < 4.78 is 0. The summed E-state index contributed by atoms with van der Waals surface area (Å²) in [6.07, 6.45) is 4.59. The standard InChI is InChI=1S/C12H20S/c1-12(2,3)10-6-8-11(9-7-10)13(4)5/h6-9,13H,1-5H3. The fourth-order valence-electron chi connectivity index (χ4n) is 1.26. The lowest BCUT2D eigenvalue weighted by atomic mass is 9.87. The summed E-state index contributed by atoms with van der Waals surface area (Å²) in [5.74, 6) is 0. The Hall–Kier alpha value is -0.430. The van der Waals surface area contributed by atoms with Gasteiger partial charge in [0.05, 0.1) is 0 Å². The molecular formula is C12H20S. The largest absolute Gasteiger partial charge is 0.233 e. The fourth-order valence-corrected chi connectivity index (χ4v) is 2.00. The number of rotatable bonds is 1. The van der Waals surface area contributed by atoms with Gasteiger partial charge in [0.25, 0.3) is 0 Å². The van der Waals surface area contributed by atoms with Crippen molar-refractivity contribution >= 4 is 10.9 Å². The zero-order valence-corrected chi connectivity index (χ0v) is 10.2. The molecule has 0 unspecified atom stereocenters. The van der Waals surface area contributed by atoms with Crippen LogP contribution in [0.1, 0.15) is 26.3 Å². The first-order valence-electron chi connectivity index (χ1n) is 4.69. The van der Waals surface area contributed by atoms with Gasteiger partial charge in [-0.3, -0.25) is 0 Å².